The number of aromatic nitrogens is 2. The number of halogens is 1. The van der Waals surface area contributed by atoms with E-state index in [1.807, 2.05) is 22.9 Å². The van der Waals surface area contributed by atoms with E-state index < -0.39 is 15.1 Å². The molecule has 1 aromatic heterocycles. The van der Waals surface area contributed by atoms with Crippen LogP contribution in [0.15, 0.2) is 41.8 Å². The summed E-state index contributed by atoms with van der Waals surface area (Å²) in [5.41, 5.74) is 0.902. The highest BCUT2D eigenvalue weighted by Crippen LogP contribution is 2.25. The second-order valence-electron chi connectivity index (χ2n) is 5.92. The lowest BCUT2D eigenvalue weighted by Gasteiger charge is -2.16. The van der Waals surface area contributed by atoms with E-state index in [0.29, 0.717) is 16.6 Å². The van der Waals surface area contributed by atoms with Crippen molar-refractivity contribution in [1.82, 2.24) is 14.9 Å². The van der Waals surface area contributed by atoms with Crippen LogP contribution in [0.2, 0.25) is 5.02 Å². The number of nitrogens with zero attached hydrogens (tertiary/aromatic N) is 2. The molecule has 1 aliphatic heterocycles. The van der Waals surface area contributed by atoms with Gasteiger partial charge in [0.25, 0.3) is 0 Å². The molecule has 6 nitrogen and oxygen atoms in total. The Balaban J connectivity index is 1.65. The second kappa shape index (κ2) is 7.39. The fourth-order valence-corrected chi connectivity index (χ4v) is 5.31. The zero-order valence-corrected chi connectivity index (χ0v) is 15.9. The summed E-state index contributed by atoms with van der Waals surface area (Å²) >= 11 is 7.24. The molecule has 0 aliphatic carbocycles. The Morgan fingerprint density at radius 1 is 1.40 bits per heavy atom. The summed E-state index contributed by atoms with van der Waals surface area (Å²) in [6.07, 6.45) is 3.97. The van der Waals surface area contributed by atoms with Crippen molar-refractivity contribution in [2.75, 3.05) is 11.5 Å². The predicted molar refractivity (Wildman–Crippen MR) is 99.1 cm³/mol. The maximum atomic E-state index is 12.3. The average Bonchev–Trinajstić information content (AvgIpc) is 3.14. The highest BCUT2D eigenvalue weighted by molar-refractivity contribution is 8.00. The summed E-state index contributed by atoms with van der Waals surface area (Å²) < 4.78 is 24.9. The van der Waals surface area contributed by atoms with Crippen LogP contribution < -0.4 is 5.32 Å². The van der Waals surface area contributed by atoms with Gasteiger partial charge in [0.1, 0.15) is 0 Å². The molecule has 1 fully saturated rings. The van der Waals surface area contributed by atoms with Crippen LogP contribution in [-0.2, 0) is 14.6 Å². The van der Waals surface area contributed by atoms with Crippen LogP contribution >= 0.6 is 23.4 Å². The molecule has 1 N–H and O–H groups in total. The number of nitrogens with one attached hydrogen (secondary N) is 1. The van der Waals surface area contributed by atoms with Gasteiger partial charge in [0.05, 0.1) is 16.8 Å². The smallest absolute Gasteiger partial charge is 0.233 e. The number of carbonyl (C=O) groups is 1. The Hall–Kier alpha value is -1.51. The molecule has 1 amide bonds. The van der Waals surface area contributed by atoms with E-state index in [9.17, 15) is 13.2 Å². The van der Waals surface area contributed by atoms with Crippen LogP contribution in [0.25, 0.3) is 5.69 Å². The van der Waals surface area contributed by atoms with Crippen LogP contribution in [0.5, 0.6) is 0 Å². The minimum absolute atomic E-state index is 0.0233. The standard InChI is InChI=1S/C16H18ClN3O3S2/c1-11(15(21)19-13-6-9-25(22,23)10-13)24-16-18-7-8-20(16)14-4-2-12(17)3-5-14/h2-5,7-8,11,13H,6,9-10H2,1H3,(H,19,21)/t11-,13-/m1/s1. The zero-order chi connectivity index (χ0) is 18.0. The summed E-state index contributed by atoms with van der Waals surface area (Å²) in [6, 6.07) is 7.05. The van der Waals surface area contributed by atoms with Crippen LogP contribution in [-0.4, -0.2) is 46.7 Å². The summed E-state index contributed by atoms with van der Waals surface area (Å²) in [5.74, 6) is -0.0200. The molecular weight excluding hydrogens is 382 g/mol. The number of imidazole rings is 1. The molecule has 2 atom stereocenters. The van der Waals surface area contributed by atoms with Crippen molar-refractivity contribution in [3.63, 3.8) is 0 Å². The Labute approximate surface area is 155 Å². The van der Waals surface area contributed by atoms with E-state index in [1.165, 1.54) is 11.8 Å². The van der Waals surface area contributed by atoms with Gasteiger partial charge in [0, 0.05) is 29.1 Å². The van der Waals surface area contributed by atoms with Gasteiger partial charge >= 0.3 is 0 Å². The van der Waals surface area contributed by atoms with Crippen LogP contribution in [0.3, 0.4) is 0 Å². The molecule has 3 rings (SSSR count). The van der Waals surface area contributed by atoms with Crippen molar-refractivity contribution < 1.29 is 13.2 Å². The molecule has 1 aromatic carbocycles. The number of carbonyl (C=O) groups excluding carboxylic acids is 1. The summed E-state index contributed by atoms with van der Waals surface area (Å²) in [6.45, 7) is 1.78. The van der Waals surface area contributed by atoms with Crippen molar-refractivity contribution >= 4 is 39.1 Å². The van der Waals surface area contributed by atoms with E-state index >= 15 is 0 Å². The van der Waals surface area contributed by atoms with Gasteiger partial charge < -0.3 is 5.32 Å². The molecule has 2 heterocycles. The third-order valence-corrected chi connectivity index (χ3v) is 7.04. The first-order valence-electron chi connectivity index (χ1n) is 7.81. The maximum Gasteiger partial charge on any atom is 0.233 e. The van der Waals surface area contributed by atoms with Gasteiger partial charge in [-0.3, -0.25) is 9.36 Å². The van der Waals surface area contributed by atoms with Gasteiger partial charge in [-0.2, -0.15) is 0 Å². The zero-order valence-electron chi connectivity index (χ0n) is 13.6. The fraction of sp³-hybridized carbons (Fsp3) is 0.375. The van der Waals surface area contributed by atoms with Crippen molar-refractivity contribution in [1.29, 1.82) is 0 Å². The number of hydrogen-bond donors (Lipinski definition) is 1. The molecule has 0 saturated carbocycles. The monoisotopic (exact) mass is 399 g/mol. The van der Waals surface area contributed by atoms with E-state index in [0.717, 1.165) is 5.69 Å². The maximum absolute atomic E-state index is 12.3. The molecule has 0 spiro atoms. The topological polar surface area (TPSA) is 81.1 Å². The lowest BCUT2D eigenvalue weighted by atomic mass is 10.2. The first-order chi connectivity index (χ1) is 11.8. The molecule has 134 valence electrons. The van der Waals surface area contributed by atoms with E-state index in [1.54, 1.807) is 25.3 Å². The van der Waals surface area contributed by atoms with Crippen LogP contribution in [0.4, 0.5) is 0 Å². The summed E-state index contributed by atoms with van der Waals surface area (Å²) in [4.78, 5) is 16.7. The average molecular weight is 400 g/mol. The molecule has 9 heteroatoms. The first kappa shape index (κ1) is 18.3. The van der Waals surface area contributed by atoms with Crippen LogP contribution in [0.1, 0.15) is 13.3 Å². The number of sulfone groups is 1. The molecule has 1 aliphatic rings. The number of benzene rings is 1. The third kappa shape index (κ3) is 4.56. The quantitative estimate of drug-likeness (QED) is 0.780. The molecule has 25 heavy (non-hydrogen) atoms. The van der Waals surface area contributed by atoms with E-state index in [2.05, 4.69) is 10.3 Å². The third-order valence-electron chi connectivity index (χ3n) is 3.94. The van der Waals surface area contributed by atoms with Gasteiger partial charge in [-0.25, -0.2) is 13.4 Å². The molecular formula is C16H18ClN3O3S2. The minimum atomic E-state index is -3.01. The number of hydrogen-bond acceptors (Lipinski definition) is 5. The molecule has 0 bridgehead atoms. The van der Waals surface area contributed by atoms with E-state index in [-0.39, 0.29) is 23.5 Å². The largest absolute Gasteiger partial charge is 0.351 e. The van der Waals surface area contributed by atoms with Crippen molar-refractivity contribution in [3.05, 3.63) is 41.7 Å². The number of amides is 1. The fourth-order valence-electron chi connectivity index (χ4n) is 2.61. The number of thioether (sulfide) groups is 1. The van der Waals surface area contributed by atoms with Gasteiger partial charge in [-0.05, 0) is 37.6 Å². The van der Waals surface area contributed by atoms with Gasteiger partial charge in [0.2, 0.25) is 5.91 Å². The lowest BCUT2D eigenvalue weighted by molar-refractivity contribution is -0.120. The van der Waals surface area contributed by atoms with Crippen molar-refractivity contribution in [2.24, 2.45) is 0 Å². The molecule has 0 unspecified atom stereocenters. The number of rotatable bonds is 5. The van der Waals surface area contributed by atoms with E-state index in [4.69, 9.17) is 11.6 Å². The summed E-state index contributed by atoms with van der Waals surface area (Å²) in [5, 5.41) is 3.76. The van der Waals surface area contributed by atoms with Gasteiger partial charge in [-0.15, -0.1) is 0 Å². The molecule has 2 aromatic rings. The van der Waals surface area contributed by atoms with Crippen LogP contribution in [0, 0.1) is 0 Å². The van der Waals surface area contributed by atoms with Crippen molar-refractivity contribution in [3.8, 4) is 5.69 Å². The lowest BCUT2D eigenvalue weighted by Crippen LogP contribution is -2.40. The highest BCUT2D eigenvalue weighted by Gasteiger charge is 2.30. The molecule has 0 radical (unpaired) electrons. The van der Waals surface area contributed by atoms with Gasteiger partial charge in [-0.1, -0.05) is 23.4 Å². The minimum Gasteiger partial charge on any atom is -0.351 e. The highest BCUT2D eigenvalue weighted by atomic mass is 35.5. The first-order valence-corrected chi connectivity index (χ1v) is 10.9. The Kier molecular flexibility index (Phi) is 5.41. The van der Waals surface area contributed by atoms with Crippen molar-refractivity contribution in [2.45, 2.75) is 29.8 Å². The predicted octanol–water partition coefficient (Wildman–Crippen LogP) is 2.31. The molecule has 1 saturated heterocycles. The SMILES string of the molecule is C[C@@H](Sc1nccn1-c1ccc(Cl)cc1)C(=O)N[C@@H]1CCS(=O)(=O)C1. The summed E-state index contributed by atoms with van der Waals surface area (Å²) in [7, 11) is -3.01. The van der Waals surface area contributed by atoms with Gasteiger partial charge in [0.15, 0.2) is 15.0 Å². The normalized spacial score (nSPS) is 20.3. The Morgan fingerprint density at radius 2 is 2.12 bits per heavy atom. The second-order valence-corrected chi connectivity index (χ2v) is 9.90. The Morgan fingerprint density at radius 3 is 2.76 bits per heavy atom. The Bertz CT molecular complexity index is 865.